The Morgan fingerprint density at radius 3 is 1.94 bits per heavy atom. The summed E-state index contributed by atoms with van der Waals surface area (Å²) in [4.78, 5) is 10.6. The monoisotopic (exact) mass is 257 g/mol. The van der Waals surface area contributed by atoms with E-state index < -0.39 is 10.2 Å². The van der Waals surface area contributed by atoms with Gasteiger partial charge in [0, 0.05) is 6.08 Å². The molecule has 7 nitrogen and oxygen atoms in total. The van der Waals surface area contributed by atoms with Gasteiger partial charge in [-0.2, -0.15) is 0 Å². The van der Waals surface area contributed by atoms with E-state index in [0.717, 1.165) is 11.0 Å². The van der Waals surface area contributed by atoms with Gasteiger partial charge in [-0.25, -0.2) is 23.4 Å². The van der Waals surface area contributed by atoms with Gasteiger partial charge in [0.25, 0.3) is 0 Å². The lowest BCUT2D eigenvalue weighted by Crippen LogP contribution is -2.68. The maximum atomic E-state index is 10.6. The molecule has 8 heteroatoms. The number of hydrogen-bond acceptors (Lipinski definition) is 6. The molecule has 0 radical (unpaired) electrons. The van der Waals surface area contributed by atoms with Crippen molar-refractivity contribution < 1.29 is 42.9 Å². The largest absolute Gasteiger partial charge is 0.457 e. The van der Waals surface area contributed by atoms with Crippen LogP contribution >= 0.6 is 0 Å². The third-order valence-electron chi connectivity index (χ3n) is 1.17. The van der Waals surface area contributed by atoms with Gasteiger partial charge < -0.3 is 9.22 Å². The molecule has 0 amide bonds. The zero-order valence-electron chi connectivity index (χ0n) is 9.47. The zero-order valence-corrected chi connectivity index (χ0v) is 10.2. The van der Waals surface area contributed by atoms with Crippen molar-refractivity contribution in [2.24, 2.45) is 0 Å². The summed E-state index contributed by atoms with van der Waals surface area (Å²) < 4.78 is 39.6. The van der Waals surface area contributed by atoms with E-state index in [1.165, 1.54) is 6.08 Å². The lowest BCUT2D eigenvalue weighted by molar-refractivity contribution is -2.00. The SMILES string of the molecule is C=CC(=O)OCC[N+](C)(C)C.[O-][Cl+3]([O-])([O-])[O-]. The molecule has 0 aromatic heterocycles. The van der Waals surface area contributed by atoms with Gasteiger partial charge >= 0.3 is 5.97 Å². The van der Waals surface area contributed by atoms with Gasteiger partial charge in [-0.05, 0) is 0 Å². The highest BCUT2D eigenvalue weighted by Gasteiger charge is 2.06. The molecule has 0 saturated heterocycles. The molecular formula is C8H16ClNO6. The summed E-state index contributed by atoms with van der Waals surface area (Å²) in [5, 5.41) is 0. The molecule has 0 atom stereocenters. The first-order chi connectivity index (χ1) is 6.95. The van der Waals surface area contributed by atoms with Crippen molar-refractivity contribution in [2.45, 2.75) is 0 Å². The van der Waals surface area contributed by atoms with Crippen molar-refractivity contribution in [3.8, 4) is 0 Å². The van der Waals surface area contributed by atoms with Crippen LogP contribution in [0.5, 0.6) is 0 Å². The van der Waals surface area contributed by atoms with Gasteiger partial charge in [0.05, 0.1) is 21.1 Å². The minimum atomic E-state index is -4.94. The van der Waals surface area contributed by atoms with E-state index in [0.29, 0.717) is 6.61 Å². The summed E-state index contributed by atoms with van der Waals surface area (Å²) in [5.74, 6) is -0.349. The molecule has 0 unspecified atom stereocenters. The molecule has 16 heavy (non-hydrogen) atoms. The number of hydrogen-bond donors (Lipinski definition) is 0. The molecule has 0 heterocycles. The molecule has 0 rings (SSSR count). The van der Waals surface area contributed by atoms with Gasteiger partial charge in [-0.1, -0.05) is 6.58 Å². The number of quaternary nitrogens is 1. The number of halogens is 1. The summed E-state index contributed by atoms with van der Waals surface area (Å²) in [6.07, 6.45) is 1.18. The molecule has 0 aliphatic heterocycles. The van der Waals surface area contributed by atoms with Crippen LogP contribution in [0.25, 0.3) is 0 Å². The second kappa shape index (κ2) is 7.55. The Kier molecular flexibility index (Phi) is 8.35. The van der Waals surface area contributed by atoms with Gasteiger partial charge in [-0.3, -0.25) is 0 Å². The van der Waals surface area contributed by atoms with Crippen LogP contribution in [0.4, 0.5) is 0 Å². The molecule has 0 bridgehead atoms. The van der Waals surface area contributed by atoms with Crippen molar-refractivity contribution in [2.75, 3.05) is 34.3 Å². The second-order valence-corrected chi connectivity index (χ2v) is 4.52. The van der Waals surface area contributed by atoms with Crippen LogP contribution in [-0.4, -0.2) is 44.7 Å². The summed E-state index contributed by atoms with van der Waals surface area (Å²) in [6, 6.07) is 0. The fraction of sp³-hybridized carbons (Fsp3) is 0.625. The maximum Gasteiger partial charge on any atom is 0.330 e. The highest BCUT2D eigenvalue weighted by atomic mass is 35.7. The Labute approximate surface area is 96.5 Å². The molecule has 0 fully saturated rings. The highest BCUT2D eigenvalue weighted by Crippen LogP contribution is 1.89. The minimum Gasteiger partial charge on any atom is -0.457 e. The van der Waals surface area contributed by atoms with E-state index in [9.17, 15) is 4.79 Å². The average Bonchev–Trinajstić information content (AvgIpc) is 1.98. The van der Waals surface area contributed by atoms with E-state index in [4.69, 9.17) is 23.4 Å². The third kappa shape index (κ3) is 29.2. The number of carbonyl (C=O) groups is 1. The van der Waals surface area contributed by atoms with Crippen molar-refractivity contribution in [3.63, 3.8) is 0 Å². The lowest BCUT2D eigenvalue weighted by atomic mass is 10.5. The normalized spacial score (nSPS) is 11.2. The molecule has 0 aliphatic rings. The first-order valence-electron chi connectivity index (χ1n) is 4.17. The Bertz CT molecular complexity index is 214. The number of esters is 1. The van der Waals surface area contributed by atoms with Crippen LogP contribution in [0.1, 0.15) is 0 Å². The van der Waals surface area contributed by atoms with Crippen molar-refractivity contribution in [3.05, 3.63) is 12.7 Å². The topological polar surface area (TPSA) is 119 Å². The molecule has 0 saturated carbocycles. The minimum absolute atomic E-state index is 0.349. The Balaban J connectivity index is 0. The van der Waals surface area contributed by atoms with Crippen LogP contribution in [0.15, 0.2) is 12.7 Å². The number of nitrogens with zero attached hydrogens (tertiary/aromatic N) is 1. The fourth-order valence-corrected chi connectivity index (χ4v) is 0.479. The van der Waals surface area contributed by atoms with Crippen molar-refractivity contribution >= 4 is 5.97 Å². The molecule has 0 aliphatic carbocycles. The van der Waals surface area contributed by atoms with Crippen LogP contribution < -0.4 is 18.6 Å². The van der Waals surface area contributed by atoms with Crippen molar-refractivity contribution in [1.82, 2.24) is 0 Å². The predicted octanol–water partition coefficient (Wildman–Crippen LogP) is -4.33. The van der Waals surface area contributed by atoms with Gasteiger partial charge in [-0.15, -0.1) is 10.2 Å². The smallest absolute Gasteiger partial charge is 0.330 e. The van der Waals surface area contributed by atoms with Crippen LogP contribution in [0.2, 0.25) is 0 Å². The maximum absolute atomic E-state index is 10.6. The number of rotatable bonds is 4. The van der Waals surface area contributed by atoms with E-state index in [2.05, 4.69) is 6.58 Å². The Morgan fingerprint density at radius 1 is 1.31 bits per heavy atom. The average molecular weight is 258 g/mol. The van der Waals surface area contributed by atoms with E-state index >= 15 is 0 Å². The summed E-state index contributed by atoms with van der Waals surface area (Å²) in [7, 11) is 1.19. The quantitative estimate of drug-likeness (QED) is 0.285. The van der Waals surface area contributed by atoms with Gasteiger partial charge in [0.1, 0.15) is 13.2 Å². The van der Waals surface area contributed by atoms with Crippen LogP contribution in [-0.2, 0) is 9.53 Å². The van der Waals surface area contributed by atoms with E-state index in [1.807, 2.05) is 21.1 Å². The van der Waals surface area contributed by atoms with E-state index in [-0.39, 0.29) is 5.97 Å². The summed E-state index contributed by atoms with van der Waals surface area (Å²) in [6.45, 7) is 4.57. The number of carbonyl (C=O) groups excluding carboxylic acids is 1. The number of likely N-dealkylation sites (N-methyl/N-ethyl adjacent to an activating group) is 1. The summed E-state index contributed by atoms with van der Waals surface area (Å²) >= 11 is 0. The predicted molar refractivity (Wildman–Crippen MR) is 44.1 cm³/mol. The first-order valence-corrected chi connectivity index (χ1v) is 5.40. The molecular weight excluding hydrogens is 242 g/mol. The standard InChI is InChI=1S/C8H16NO2.ClHO4/c1-5-8(10)11-7-6-9(2,3)4;2-1(3,4)5/h5H,1,6-7H2,2-4H3;(H,2,3,4,5)/q+1;/p-1. The highest BCUT2D eigenvalue weighted by molar-refractivity contribution is 5.81. The summed E-state index contributed by atoms with van der Waals surface area (Å²) in [5.41, 5.74) is 0. The van der Waals surface area contributed by atoms with Crippen molar-refractivity contribution in [1.29, 1.82) is 0 Å². The van der Waals surface area contributed by atoms with Gasteiger partial charge in [0.2, 0.25) is 0 Å². The zero-order chi connectivity index (χ0) is 13.4. The van der Waals surface area contributed by atoms with Gasteiger partial charge in [0.15, 0.2) is 0 Å². The first kappa shape index (κ1) is 17.7. The molecule has 0 aromatic rings. The third-order valence-corrected chi connectivity index (χ3v) is 1.17. The van der Waals surface area contributed by atoms with Crippen LogP contribution in [0, 0.1) is 10.2 Å². The molecule has 0 spiro atoms. The number of ether oxygens (including phenoxy) is 1. The Morgan fingerprint density at radius 2 is 1.69 bits per heavy atom. The van der Waals surface area contributed by atoms with Crippen LogP contribution in [0.3, 0.4) is 0 Å². The molecule has 96 valence electrons. The molecule has 0 aromatic carbocycles. The lowest BCUT2D eigenvalue weighted by Gasteiger charge is -2.23. The molecule has 0 N–H and O–H groups in total. The van der Waals surface area contributed by atoms with E-state index in [1.54, 1.807) is 0 Å². The second-order valence-electron chi connectivity index (χ2n) is 3.76. The fourth-order valence-electron chi connectivity index (χ4n) is 0.479. The Hall–Kier alpha value is -0.700.